The zero-order chi connectivity index (χ0) is 18.1. The first-order valence-corrected chi connectivity index (χ1v) is 8.36. The van der Waals surface area contributed by atoms with E-state index >= 15 is 0 Å². The van der Waals surface area contributed by atoms with E-state index in [9.17, 15) is 10.1 Å². The molecule has 1 aliphatic heterocycles. The summed E-state index contributed by atoms with van der Waals surface area (Å²) in [5.41, 5.74) is 3.47. The van der Waals surface area contributed by atoms with E-state index < -0.39 is 0 Å². The summed E-state index contributed by atoms with van der Waals surface area (Å²) < 4.78 is 5.33. The van der Waals surface area contributed by atoms with Gasteiger partial charge in [0.05, 0.1) is 12.0 Å². The smallest absolute Gasteiger partial charge is 0.311 e. The summed E-state index contributed by atoms with van der Waals surface area (Å²) in [5, 5.41) is 12.3. The van der Waals surface area contributed by atoms with Crippen LogP contribution in [0.15, 0.2) is 48.8 Å². The molecule has 0 atom stereocenters. The molecule has 0 spiro atoms. The lowest BCUT2D eigenvalue weighted by Crippen LogP contribution is -2.29. The number of anilines is 1. The van der Waals surface area contributed by atoms with Gasteiger partial charge in [0, 0.05) is 48.0 Å². The molecule has 2 aromatic heterocycles. The molecule has 1 N–H and O–H groups in total. The molecule has 0 fully saturated rings. The molecule has 1 aromatic carbocycles. The Bertz CT molecular complexity index is 1010. The Kier molecular flexibility index (Phi) is 4.04. The lowest BCUT2D eigenvalue weighted by atomic mass is 9.98. The number of nitrogens with zero attached hydrogens (tertiary/aromatic N) is 3. The predicted octanol–water partition coefficient (Wildman–Crippen LogP) is 3.77. The minimum absolute atomic E-state index is 0.0428. The molecule has 0 unspecified atom stereocenters. The lowest BCUT2D eigenvalue weighted by molar-refractivity contribution is -0.384. The summed E-state index contributed by atoms with van der Waals surface area (Å²) >= 11 is 0. The molecule has 3 heterocycles. The van der Waals surface area contributed by atoms with E-state index in [2.05, 4.69) is 16.0 Å². The maximum absolute atomic E-state index is 11.2. The molecule has 7 nitrogen and oxygen atoms in total. The van der Waals surface area contributed by atoms with Gasteiger partial charge in [0.2, 0.25) is 5.82 Å². The third kappa shape index (κ3) is 2.77. The molecule has 4 rings (SSSR count). The first-order valence-electron chi connectivity index (χ1n) is 8.36. The summed E-state index contributed by atoms with van der Waals surface area (Å²) in [4.78, 5) is 20.3. The molecule has 1 aliphatic rings. The molecular formula is C19H18N4O3. The topological polar surface area (TPSA) is 84.3 Å². The number of ether oxygens (including phenoxy) is 1. The first-order chi connectivity index (χ1) is 12.7. The van der Waals surface area contributed by atoms with Crippen molar-refractivity contribution in [1.29, 1.82) is 0 Å². The van der Waals surface area contributed by atoms with Gasteiger partial charge in [-0.15, -0.1) is 0 Å². The highest BCUT2D eigenvalue weighted by Crippen LogP contribution is 2.33. The van der Waals surface area contributed by atoms with Crippen LogP contribution in [-0.2, 0) is 0 Å². The predicted molar refractivity (Wildman–Crippen MR) is 101 cm³/mol. The van der Waals surface area contributed by atoms with Crippen molar-refractivity contribution in [2.75, 3.05) is 25.1 Å². The van der Waals surface area contributed by atoms with Gasteiger partial charge in [-0.2, -0.15) is 0 Å². The SMILES string of the molecule is COc1ccc2[nH]cc(C3=CCN(c4ncccc4[N+](=O)[O-])CC3)c2c1. The average molecular weight is 350 g/mol. The van der Waals surface area contributed by atoms with Gasteiger partial charge >= 0.3 is 5.69 Å². The zero-order valence-electron chi connectivity index (χ0n) is 14.3. The van der Waals surface area contributed by atoms with E-state index in [1.807, 2.05) is 29.3 Å². The second-order valence-electron chi connectivity index (χ2n) is 6.14. The highest BCUT2D eigenvalue weighted by atomic mass is 16.6. The molecule has 0 saturated heterocycles. The monoisotopic (exact) mass is 350 g/mol. The molecule has 26 heavy (non-hydrogen) atoms. The Morgan fingerprint density at radius 1 is 1.35 bits per heavy atom. The normalized spacial score (nSPS) is 14.3. The van der Waals surface area contributed by atoms with Crippen molar-refractivity contribution in [3.8, 4) is 5.75 Å². The van der Waals surface area contributed by atoms with Gasteiger partial charge in [-0.25, -0.2) is 4.98 Å². The van der Waals surface area contributed by atoms with Gasteiger partial charge in [-0.05, 0) is 36.3 Å². The number of nitrogens with one attached hydrogen (secondary N) is 1. The van der Waals surface area contributed by atoms with Crippen LogP contribution in [0.5, 0.6) is 5.75 Å². The summed E-state index contributed by atoms with van der Waals surface area (Å²) in [6.07, 6.45) is 6.50. The van der Waals surface area contributed by atoms with Crippen molar-refractivity contribution in [2.24, 2.45) is 0 Å². The highest BCUT2D eigenvalue weighted by molar-refractivity contribution is 5.94. The van der Waals surface area contributed by atoms with Crippen molar-refractivity contribution >= 4 is 28.0 Å². The number of hydrogen-bond donors (Lipinski definition) is 1. The highest BCUT2D eigenvalue weighted by Gasteiger charge is 2.23. The number of nitro groups is 1. The molecule has 0 bridgehead atoms. The number of aromatic amines is 1. The van der Waals surface area contributed by atoms with Gasteiger partial charge in [0.1, 0.15) is 5.75 Å². The van der Waals surface area contributed by atoms with Gasteiger partial charge < -0.3 is 14.6 Å². The standard InChI is InChI=1S/C19H18N4O3/c1-26-14-4-5-17-15(11-14)16(12-21-17)13-6-9-22(10-7-13)19-18(23(24)25)3-2-8-20-19/h2-6,8,11-12,21H,7,9-10H2,1H3. The first kappa shape index (κ1) is 16.1. The average Bonchev–Trinajstić information content (AvgIpc) is 3.11. The molecule has 7 heteroatoms. The molecule has 132 valence electrons. The van der Waals surface area contributed by atoms with Crippen molar-refractivity contribution < 1.29 is 9.66 Å². The number of fused-ring (bicyclic) bond motifs is 1. The second kappa shape index (κ2) is 6.51. The van der Waals surface area contributed by atoms with Crippen LogP contribution in [-0.4, -0.2) is 35.1 Å². The number of rotatable bonds is 4. The molecule has 3 aromatic rings. The van der Waals surface area contributed by atoms with E-state index in [1.54, 1.807) is 19.4 Å². The van der Waals surface area contributed by atoms with Crippen LogP contribution in [0.25, 0.3) is 16.5 Å². The van der Waals surface area contributed by atoms with E-state index in [-0.39, 0.29) is 10.6 Å². The van der Waals surface area contributed by atoms with E-state index in [1.165, 1.54) is 11.6 Å². The Hall–Kier alpha value is -3.35. The Morgan fingerprint density at radius 2 is 2.23 bits per heavy atom. The van der Waals surface area contributed by atoms with Crippen LogP contribution >= 0.6 is 0 Å². The summed E-state index contributed by atoms with van der Waals surface area (Å²) in [6.45, 7) is 1.27. The summed E-state index contributed by atoms with van der Waals surface area (Å²) in [7, 11) is 1.66. The third-order valence-electron chi connectivity index (χ3n) is 4.71. The Morgan fingerprint density at radius 3 is 2.96 bits per heavy atom. The van der Waals surface area contributed by atoms with Crippen molar-refractivity contribution in [3.63, 3.8) is 0 Å². The molecule has 0 saturated carbocycles. The van der Waals surface area contributed by atoms with Crippen molar-refractivity contribution in [1.82, 2.24) is 9.97 Å². The molecular weight excluding hydrogens is 332 g/mol. The fourth-order valence-electron chi connectivity index (χ4n) is 3.37. The number of pyridine rings is 1. The number of aromatic nitrogens is 2. The number of hydrogen-bond acceptors (Lipinski definition) is 5. The number of benzene rings is 1. The second-order valence-corrected chi connectivity index (χ2v) is 6.14. The largest absolute Gasteiger partial charge is 0.497 e. The van der Waals surface area contributed by atoms with E-state index in [4.69, 9.17) is 4.74 Å². The van der Waals surface area contributed by atoms with E-state index in [0.29, 0.717) is 18.9 Å². The molecule has 0 amide bonds. The summed E-state index contributed by atoms with van der Waals surface area (Å²) in [5.74, 6) is 1.24. The van der Waals surface area contributed by atoms with Crippen molar-refractivity contribution in [3.05, 3.63) is 64.5 Å². The number of H-pyrrole nitrogens is 1. The maximum atomic E-state index is 11.2. The van der Waals surface area contributed by atoms with Crippen LogP contribution in [0.3, 0.4) is 0 Å². The molecule has 0 aliphatic carbocycles. The molecule has 0 radical (unpaired) electrons. The zero-order valence-corrected chi connectivity index (χ0v) is 14.3. The minimum atomic E-state index is -0.381. The van der Waals surface area contributed by atoms with Crippen LogP contribution in [0, 0.1) is 10.1 Å². The Balaban J connectivity index is 1.64. The van der Waals surface area contributed by atoms with Gasteiger partial charge in [-0.3, -0.25) is 10.1 Å². The lowest BCUT2D eigenvalue weighted by Gasteiger charge is -2.27. The minimum Gasteiger partial charge on any atom is -0.497 e. The van der Waals surface area contributed by atoms with Gasteiger partial charge in [0.25, 0.3) is 0 Å². The van der Waals surface area contributed by atoms with Gasteiger partial charge in [-0.1, -0.05) is 6.08 Å². The quantitative estimate of drug-likeness (QED) is 0.572. The number of methoxy groups -OCH3 is 1. The van der Waals surface area contributed by atoms with Crippen LogP contribution in [0.4, 0.5) is 11.5 Å². The van der Waals surface area contributed by atoms with Crippen LogP contribution in [0.2, 0.25) is 0 Å². The van der Waals surface area contributed by atoms with E-state index in [0.717, 1.165) is 28.6 Å². The van der Waals surface area contributed by atoms with Gasteiger partial charge in [0.15, 0.2) is 0 Å². The van der Waals surface area contributed by atoms with Crippen LogP contribution in [0.1, 0.15) is 12.0 Å². The van der Waals surface area contributed by atoms with Crippen LogP contribution < -0.4 is 9.64 Å². The fourth-order valence-corrected chi connectivity index (χ4v) is 3.37. The maximum Gasteiger partial charge on any atom is 0.311 e. The van der Waals surface area contributed by atoms with Crippen molar-refractivity contribution in [2.45, 2.75) is 6.42 Å². The summed E-state index contributed by atoms with van der Waals surface area (Å²) in [6, 6.07) is 9.04. The third-order valence-corrected chi connectivity index (χ3v) is 4.71. The fraction of sp³-hybridized carbons (Fsp3) is 0.211. The Labute approximate surface area is 150 Å².